The van der Waals surface area contributed by atoms with Gasteiger partial charge in [-0.05, 0) is 59.2 Å². The Bertz CT molecular complexity index is 1650. The predicted molar refractivity (Wildman–Crippen MR) is 289 cm³/mol. The van der Waals surface area contributed by atoms with Crippen molar-refractivity contribution >= 4 is 30.3 Å². The van der Waals surface area contributed by atoms with Gasteiger partial charge in [0.1, 0.15) is 0 Å². The lowest BCUT2D eigenvalue weighted by atomic mass is 10.1. The third-order valence-electron chi connectivity index (χ3n) is 12.8. The number of carbonyl (C=O) groups is 1. The summed E-state index contributed by atoms with van der Waals surface area (Å²) in [4.78, 5) is 10.8. The number of hydrogen-bond donors (Lipinski definition) is 2. The van der Waals surface area contributed by atoms with Crippen LogP contribution < -0.4 is 19.5 Å². The largest absolute Gasteiger partial charge is 0.490 e. The SMILES string of the molecule is CCCCCCCCCCCCOc1cc(/C=C/c2ccc(/C=C/c3ccc(CNCC(=O)O)cc3)cc2)cc(OCCCCCCCCCCCC)c1OCCCCCCCCCCCC. The lowest BCUT2D eigenvalue weighted by Gasteiger charge is -2.18. The minimum Gasteiger partial charge on any atom is -0.490 e. The number of ether oxygens (including phenoxy) is 3. The fourth-order valence-electron chi connectivity index (χ4n) is 8.52. The summed E-state index contributed by atoms with van der Waals surface area (Å²) in [6.45, 7) is 9.38. The Labute approximate surface area is 410 Å². The Kier molecular flexibility index (Phi) is 34.1. The molecule has 0 saturated heterocycles. The zero-order valence-electron chi connectivity index (χ0n) is 42.9. The Hall–Kier alpha value is -4.03. The van der Waals surface area contributed by atoms with E-state index < -0.39 is 5.97 Å². The molecule has 0 aliphatic rings. The molecule has 0 heterocycles. The summed E-state index contributed by atoms with van der Waals surface area (Å²) >= 11 is 0. The first kappa shape index (κ1) is 57.3. The molecular weight excluding hydrogens is 827 g/mol. The van der Waals surface area contributed by atoms with E-state index >= 15 is 0 Å². The number of hydrogen-bond acceptors (Lipinski definition) is 5. The van der Waals surface area contributed by atoms with E-state index in [1.807, 2.05) is 12.1 Å². The van der Waals surface area contributed by atoms with Crippen LogP contribution in [0, 0.1) is 0 Å². The maximum absolute atomic E-state index is 10.8. The van der Waals surface area contributed by atoms with Crippen molar-refractivity contribution in [2.24, 2.45) is 0 Å². The Morgan fingerprint density at radius 1 is 0.418 bits per heavy atom. The fourth-order valence-corrected chi connectivity index (χ4v) is 8.52. The lowest BCUT2D eigenvalue weighted by molar-refractivity contribution is -0.136. The second-order valence-corrected chi connectivity index (χ2v) is 19.0. The zero-order chi connectivity index (χ0) is 47.7. The monoisotopic (exact) mass is 922 g/mol. The summed E-state index contributed by atoms with van der Waals surface area (Å²) in [7, 11) is 0. The molecule has 0 saturated carbocycles. The predicted octanol–water partition coefficient (Wildman–Crippen LogP) is 18.1. The van der Waals surface area contributed by atoms with Crippen LogP contribution in [0.1, 0.15) is 241 Å². The van der Waals surface area contributed by atoms with E-state index in [2.05, 4.69) is 98.9 Å². The van der Waals surface area contributed by atoms with Crippen molar-refractivity contribution in [3.8, 4) is 17.2 Å². The summed E-state index contributed by atoms with van der Waals surface area (Å²) < 4.78 is 19.9. The highest BCUT2D eigenvalue weighted by molar-refractivity contribution is 5.74. The van der Waals surface area contributed by atoms with Crippen LogP contribution in [-0.4, -0.2) is 37.4 Å². The average molecular weight is 922 g/mol. The van der Waals surface area contributed by atoms with Crippen LogP contribution in [0.2, 0.25) is 0 Å². The van der Waals surface area contributed by atoms with Crippen molar-refractivity contribution in [2.45, 2.75) is 220 Å². The number of nitrogens with one attached hydrogen (secondary N) is 1. The molecule has 2 N–H and O–H groups in total. The number of carboxylic acid groups (broad SMARTS) is 1. The standard InChI is InChI=1S/C61H95NO5/c1-4-7-10-13-16-19-22-25-28-31-46-65-58-49-57(45-42-54-37-34-53(35-38-54)36-39-55-40-43-56(44-41-55)51-62-52-60(63)64)50-59(66-47-32-29-26-23-20-17-14-11-8-5-2)61(58)67-48-33-30-27-24-21-18-15-12-9-6-3/h34-45,49-50,62H,4-33,46-48,51-52H2,1-3H3,(H,63,64)/b39-36+,45-42+. The van der Waals surface area contributed by atoms with Crippen molar-refractivity contribution < 1.29 is 24.1 Å². The van der Waals surface area contributed by atoms with Crippen molar-refractivity contribution in [3.63, 3.8) is 0 Å². The maximum Gasteiger partial charge on any atom is 0.317 e. The number of aliphatic carboxylic acids is 1. The minimum absolute atomic E-state index is 0.0442. The van der Waals surface area contributed by atoms with E-state index in [0.717, 1.165) is 64.3 Å². The van der Waals surface area contributed by atoms with Crippen molar-refractivity contribution in [1.29, 1.82) is 0 Å². The van der Waals surface area contributed by atoms with Gasteiger partial charge in [0.15, 0.2) is 11.5 Å². The van der Waals surface area contributed by atoms with Gasteiger partial charge in [0.05, 0.1) is 26.4 Å². The summed E-state index contributed by atoms with van der Waals surface area (Å²) in [6.07, 6.45) is 47.5. The third-order valence-corrected chi connectivity index (χ3v) is 12.8. The molecule has 374 valence electrons. The van der Waals surface area contributed by atoms with Crippen LogP contribution >= 0.6 is 0 Å². The quantitative estimate of drug-likeness (QED) is 0.0435. The van der Waals surface area contributed by atoms with Gasteiger partial charge in [0.2, 0.25) is 5.75 Å². The smallest absolute Gasteiger partial charge is 0.317 e. The van der Waals surface area contributed by atoms with Gasteiger partial charge in [-0.2, -0.15) is 0 Å². The highest BCUT2D eigenvalue weighted by atomic mass is 16.5. The first-order valence-electron chi connectivity index (χ1n) is 27.6. The maximum atomic E-state index is 10.8. The van der Waals surface area contributed by atoms with Gasteiger partial charge in [-0.1, -0.05) is 267 Å². The molecule has 3 rings (SSSR count). The van der Waals surface area contributed by atoms with Gasteiger partial charge in [-0.25, -0.2) is 0 Å². The van der Waals surface area contributed by atoms with Crippen LogP contribution in [0.25, 0.3) is 24.3 Å². The number of benzene rings is 3. The van der Waals surface area contributed by atoms with Crippen LogP contribution in [-0.2, 0) is 11.3 Å². The zero-order valence-corrected chi connectivity index (χ0v) is 42.9. The molecule has 0 amide bonds. The van der Waals surface area contributed by atoms with E-state index in [1.165, 1.54) is 173 Å². The van der Waals surface area contributed by atoms with Gasteiger partial charge < -0.3 is 24.6 Å². The van der Waals surface area contributed by atoms with Crippen molar-refractivity contribution in [3.05, 3.63) is 88.5 Å². The molecule has 3 aromatic rings. The summed E-state index contributed by atoms with van der Waals surface area (Å²) in [5.41, 5.74) is 5.45. The molecule has 0 atom stereocenters. The molecule has 0 aliphatic carbocycles. The Balaban J connectivity index is 1.68. The molecule has 6 heteroatoms. The molecule has 6 nitrogen and oxygen atoms in total. The van der Waals surface area contributed by atoms with Crippen LogP contribution in [0.4, 0.5) is 0 Å². The molecule has 67 heavy (non-hydrogen) atoms. The van der Waals surface area contributed by atoms with Crippen LogP contribution in [0.15, 0.2) is 60.7 Å². The van der Waals surface area contributed by atoms with E-state index in [0.29, 0.717) is 26.4 Å². The van der Waals surface area contributed by atoms with Crippen LogP contribution in [0.3, 0.4) is 0 Å². The average Bonchev–Trinajstić information content (AvgIpc) is 3.34. The summed E-state index contributed by atoms with van der Waals surface area (Å²) in [5, 5.41) is 11.8. The second kappa shape index (κ2) is 39.9. The Morgan fingerprint density at radius 3 is 1.06 bits per heavy atom. The van der Waals surface area contributed by atoms with Gasteiger partial charge in [0, 0.05) is 6.54 Å². The highest BCUT2D eigenvalue weighted by Crippen LogP contribution is 2.40. The fraction of sp³-hybridized carbons (Fsp3) is 0.623. The molecular formula is C61H95NO5. The molecule has 0 aromatic heterocycles. The van der Waals surface area contributed by atoms with Crippen molar-refractivity contribution in [1.82, 2.24) is 5.32 Å². The first-order chi connectivity index (χ1) is 33.0. The number of unbranched alkanes of at least 4 members (excludes halogenated alkanes) is 27. The lowest BCUT2D eigenvalue weighted by Crippen LogP contribution is -2.21. The molecule has 0 radical (unpaired) electrons. The number of carboxylic acids is 1. The molecule has 0 spiro atoms. The topological polar surface area (TPSA) is 77.0 Å². The molecule has 0 unspecified atom stereocenters. The minimum atomic E-state index is -0.849. The summed E-state index contributed by atoms with van der Waals surface area (Å²) in [6, 6.07) is 21.1. The van der Waals surface area contributed by atoms with Crippen LogP contribution in [0.5, 0.6) is 17.2 Å². The van der Waals surface area contributed by atoms with Gasteiger partial charge >= 0.3 is 5.97 Å². The number of rotatable bonds is 44. The Morgan fingerprint density at radius 2 is 0.716 bits per heavy atom. The van der Waals surface area contributed by atoms with Gasteiger partial charge in [-0.3, -0.25) is 4.79 Å². The third kappa shape index (κ3) is 29.5. The molecule has 0 bridgehead atoms. The van der Waals surface area contributed by atoms with Crippen molar-refractivity contribution in [2.75, 3.05) is 26.4 Å². The highest BCUT2D eigenvalue weighted by Gasteiger charge is 2.16. The van der Waals surface area contributed by atoms with E-state index in [4.69, 9.17) is 19.3 Å². The van der Waals surface area contributed by atoms with Gasteiger partial charge in [0.25, 0.3) is 0 Å². The second-order valence-electron chi connectivity index (χ2n) is 19.0. The van der Waals surface area contributed by atoms with E-state index in [9.17, 15) is 4.79 Å². The molecule has 3 aromatic carbocycles. The molecule has 0 fully saturated rings. The van der Waals surface area contributed by atoms with Gasteiger partial charge in [-0.15, -0.1) is 0 Å². The first-order valence-corrected chi connectivity index (χ1v) is 27.6. The van der Waals surface area contributed by atoms with E-state index in [-0.39, 0.29) is 6.54 Å². The van der Waals surface area contributed by atoms with E-state index in [1.54, 1.807) is 0 Å². The summed E-state index contributed by atoms with van der Waals surface area (Å²) in [5.74, 6) is 1.52. The molecule has 0 aliphatic heterocycles. The normalized spacial score (nSPS) is 11.6.